The summed E-state index contributed by atoms with van der Waals surface area (Å²) in [7, 11) is 0.824. The first-order valence-electron chi connectivity index (χ1n) is 4.10. The first kappa shape index (κ1) is 6.06. The molecular formula is C9H5BO2. The summed E-state index contributed by atoms with van der Waals surface area (Å²) in [6.07, 6.45) is 0. The van der Waals surface area contributed by atoms with Crippen molar-refractivity contribution < 1.29 is 9.59 Å². The Hall–Kier alpha value is -1.51. The van der Waals surface area contributed by atoms with E-state index >= 15 is 0 Å². The van der Waals surface area contributed by atoms with Crippen LogP contribution in [0.1, 0.15) is 20.7 Å². The molecule has 2 nitrogen and oxygen atoms in total. The maximum absolute atomic E-state index is 11.4. The van der Waals surface area contributed by atoms with E-state index in [9.17, 15) is 9.59 Å². The zero-order valence-electron chi connectivity index (χ0n) is 7.20. The predicted octanol–water partition coefficient (Wildman–Crippen LogP) is 0.139. The van der Waals surface area contributed by atoms with Gasteiger partial charge in [0.15, 0.2) is 0 Å². The molecule has 0 heterocycles. The summed E-state index contributed by atoms with van der Waals surface area (Å²) in [4.78, 5) is 22.9. The first-order chi connectivity index (χ1) is 6.25. The van der Waals surface area contributed by atoms with Crippen molar-refractivity contribution in [2.24, 2.45) is 0 Å². The summed E-state index contributed by atoms with van der Waals surface area (Å²) in [5.74, 6) is -0.675. The fourth-order valence-electron chi connectivity index (χ4n) is 1.27. The van der Waals surface area contributed by atoms with Gasteiger partial charge < -0.3 is 0 Å². The molecule has 1 aromatic carbocycles. The summed E-state index contributed by atoms with van der Waals surface area (Å²) >= 11 is 0. The molecule has 1 aliphatic rings. The molecule has 0 saturated heterocycles. The van der Waals surface area contributed by atoms with Gasteiger partial charge in [-0.05, 0) is 0 Å². The van der Waals surface area contributed by atoms with Crippen molar-refractivity contribution in [1.82, 2.24) is 0 Å². The number of Topliss-reactive ketones (excluding diaryl/α,β-unsaturated/α-hetero) is 2. The van der Waals surface area contributed by atoms with E-state index in [1.807, 2.05) is 0 Å². The molecule has 0 aliphatic heterocycles. The molecule has 0 bridgehead atoms. The Balaban J connectivity index is 2.71. The van der Waals surface area contributed by atoms with E-state index in [0.29, 0.717) is 11.1 Å². The molecule has 1 aliphatic carbocycles. The molecule has 0 atom stereocenters. The van der Waals surface area contributed by atoms with Crippen molar-refractivity contribution in [2.45, 2.75) is 0 Å². The third-order valence-corrected chi connectivity index (χ3v) is 1.91. The molecule has 0 radical (unpaired) electrons. The Morgan fingerprint density at radius 3 is 2.00 bits per heavy atom. The van der Waals surface area contributed by atoms with Crippen LogP contribution in [0.15, 0.2) is 24.3 Å². The van der Waals surface area contributed by atoms with Gasteiger partial charge in [-0.25, -0.2) is 0 Å². The number of carbonyl (C=O) groups excluding carboxylic acids is 2. The van der Waals surface area contributed by atoms with Crippen molar-refractivity contribution in [3.05, 3.63) is 35.4 Å². The van der Waals surface area contributed by atoms with E-state index in [1.165, 1.54) is 0 Å². The van der Waals surface area contributed by atoms with Crippen LogP contribution < -0.4 is 0 Å². The van der Waals surface area contributed by atoms with Crippen LogP contribution in [0.3, 0.4) is 0 Å². The standard InChI is InChI=1S/C9H5BO2/c10-7-8(11)5-3-1-2-4-6(5)9(7)12/h1-4,10H/i10D. The first-order valence-corrected chi connectivity index (χ1v) is 3.52. The van der Waals surface area contributed by atoms with E-state index in [-0.39, 0.29) is 17.0 Å². The number of ketones is 2. The molecule has 0 spiro atoms. The maximum atomic E-state index is 11.4. The molecule has 0 N–H and O–H groups in total. The van der Waals surface area contributed by atoms with Crippen LogP contribution in [0.2, 0.25) is 0 Å². The van der Waals surface area contributed by atoms with Crippen LogP contribution in [0.25, 0.3) is 0 Å². The minimum absolute atomic E-state index is 0.0406. The number of rotatable bonds is 0. The van der Waals surface area contributed by atoms with Crippen LogP contribution in [0, 0.1) is 0 Å². The number of fused-ring (bicyclic) bond motifs is 1. The normalized spacial score (nSPS) is 15.7. The molecule has 0 fully saturated rings. The summed E-state index contributed by atoms with van der Waals surface area (Å²) in [5, 5.41) is 0. The van der Waals surface area contributed by atoms with Crippen molar-refractivity contribution in [1.29, 1.82) is 1.34 Å². The summed E-state index contributed by atoms with van der Waals surface area (Å²) in [5.41, 5.74) is 0.776. The summed E-state index contributed by atoms with van der Waals surface area (Å²) in [6.45, 7) is 0. The molecule has 0 amide bonds. The zero-order valence-corrected chi connectivity index (χ0v) is 6.20. The van der Waals surface area contributed by atoms with Gasteiger partial charge in [0.05, 0.1) is 0 Å². The van der Waals surface area contributed by atoms with E-state index < -0.39 is 0 Å². The fourth-order valence-corrected chi connectivity index (χ4v) is 1.27. The molecule has 12 heavy (non-hydrogen) atoms. The second kappa shape index (κ2) is 2.24. The Labute approximate surface area is 71.6 Å². The SMILES string of the molecule is [2H]B=C1C(=O)c2ccccc2C1=O. The van der Waals surface area contributed by atoms with Crippen LogP contribution in [0.4, 0.5) is 0 Å². The van der Waals surface area contributed by atoms with Gasteiger partial charge in [-0.3, -0.25) is 0 Å². The van der Waals surface area contributed by atoms with Gasteiger partial charge in [0.2, 0.25) is 0 Å². The van der Waals surface area contributed by atoms with E-state index in [1.54, 1.807) is 24.3 Å². The van der Waals surface area contributed by atoms with Gasteiger partial charge in [0.25, 0.3) is 0 Å². The van der Waals surface area contributed by atoms with E-state index in [2.05, 4.69) is 0 Å². The Kier molecular flexibility index (Phi) is 1.13. The molecule has 1 aromatic rings. The average molecular weight is 157 g/mol. The zero-order chi connectivity index (χ0) is 9.42. The Morgan fingerprint density at radius 2 is 1.58 bits per heavy atom. The minimum atomic E-state index is -0.337. The van der Waals surface area contributed by atoms with Crippen molar-refractivity contribution in [3.8, 4) is 0 Å². The van der Waals surface area contributed by atoms with E-state index in [0.717, 1.165) is 7.45 Å². The number of benzene rings is 1. The van der Waals surface area contributed by atoms with Crippen molar-refractivity contribution in [2.75, 3.05) is 0 Å². The average Bonchev–Trinajstić information content (AvgIpc) is 2.41. The number of hydrogen-bond acceptors (Lipinski definition) is 2. The van der Waals surface area contributed by atoms with Crippen molar-refractivity contribution in [3.63, 3.8) is 0 Å². The summed E-state index contributed by atoms with van der Waals surface area (Å²) in [6, 6.07) is 6.62. The number of carbonyl (C=O) groups is 2. The molecule has 3 heteroatoms. The number of hydrogen-bond donors (Lipinski definition) is 0. The molecule has 56 valence electrons. The summed E-state index contributed by atoms with van der Waals surface area (Å²) < 4.78 is 6.93. The third-order valence-electron chi connectivity index (χ3n) is 1.91. The van der Waals surface area contributed by atoms with Gasteiger partial charge in [0.1, 0.15) is 0 Å². The topological polar surface area (TPSA) is 34.1 Å². The van der Waals surface area contributed by atoms with Gasteiger partial charge in [0, 0.05) is 0 Å². The monoisotopic (exact) mass is 157 g/mol. The Morgan fingerprint density at radius 1 is 1.08 bits per heavy atom. The predicted molar refractivity (Wildman–Crippen MR) is 47.3 cm³/mol. The molecular weight excluding hydrogens is 151 g/mol. The Bertz CT molecular complexity index is 400. The third kappa shape index (κ3) is 0.734. The second-order valence-corrected chi connectivity index (χ2v) is 2.62. The fraction of sp³-hybridized carbons (Fsp3) is 0. The van der Waals surface area contributed by atoms with Gasteiger partial charge in [-0.2, -0.15) is 0 Å². The van der Waals surface area contributed by atoms with Gasteiger partial charge in [-0.1, -0.05) is 0 Å². The van der Waals surface area contributed by atoms with Gasteiger partial charge >= 0.3 is 70.8 Å². The van der Waals surface area contributed by atoms with Crippen LogP contribution in [0.5, 0.6) is 0 Å². The second-order valence-electron chi connectivity index (χ2n) is 2.62. The molecule has 0 saturated carbocycles. The van der Waals surface area contributed by atoms with Crippen molar-refractivity contribution >= 4 is 24.5 Å². The molecule has 0 unspecified atom stereocenters. The van der Waals surface area contributed by atoms with Crippen LogP contribution >= 0.6 is 0 Å². The van der Waals surface area contributed by atoms with Gasteiger partial charge in [-0.15, -0.1) is 0 Å². The van der Waals surface area contributed by atoms with Crippen LogP contribution in [-0.2, 0) is 0 Å². The molecule has 2 rings (SSSR count). The van der Waals surface area contributed by atoms with E-state index in [4.69, 9.17) is 1.34 Å². The van der Waals surface area contributed by atoms with Crippen LogP contribution in [-0.4, -0.2) is 25.8 Å². The quantitative estimate of drug-likeness (QED) is 0.502. The molecule has 0 aromatic heterocycles.